The first-order valence-corrected chi connectivity index (χ1v) is 7.32. The quantitative estimate of drug-likeness (QED) is 0.788. The Labute approximate surface area is 113 Å². The van der Waals surface area contributed by atoms with Crippen molar-refractivity contribution in [1.82, 2.24) is 10.4 Å². The van der Waals surface area contributed by atoms with Gasteiger partial charge in [0, 0.05) is 11.9 Å². The molecule has 1 aromatic rings. The molecule has 0 aromatic carbocycles. The average molecular weight is 259 g/mol. The van der Waals surface area contributed by atoms with Crippen molar-refractivity contribution < 1.29 is 4.79 Å². The van der Waals surface area contributed by atoms with Gasteiger partial charge in [-0.2, -0.15) is 5.10 Å². The summed E-state index contributed by atoms with van der Waals surface area (Å²) in [6.07, 6.45) is 10.6. The van der Waals surface area contributed by atoms with E-state index in [4.69, 9.17) is 0 Å². The Kier molecular flexibility index (Phi) is 3.67. The predicted molar refractivity (Wildman–Crippen MR) is 75.0 cm³/mol. The molecule has 0 aliphatic heterocycles. The van der Waals surface area contributed by atoms with E-state index in [0.29, 0.717) is 5.69 Å². The van der Waals surface area contributed by atoms with E-state index in [2.05, 4.69) is 15.5 Å². The molecule has 3 rings (SSSR count). The first kappa shape index (κ1) is 12.5. The van der Waals surface area contributed by atoms with Crippen LogP contribution in [-0.2, 0) is 0 Å². The molecule has 2 atom stereocenters. The fourth-order valence-electron chi connectivity index (χ4n) is 3.45. The second kappa shape index (κ2) is 5.59. The van der Waals surface area contributed by atoms with E-state index in [0.717, 1.165) is 24.7 Å². The molecule has 0 bridgehead atoms. The van der Waals surface area contributed by atoms with Crippen molar-refractivity contribution in [3.8, 4) is 0 Å². The maximum absolute atomic E-state index is 11.8. The lowest BCUT2D eigenvalue weighted by Crippen LogP contribution is -2.29. The monoisotopic (exact) mass is 259 g/mol. The summed E-state index contributed by atoms with van der Waals surface area (Å²) in [5.74, 6) is 1.57. The molecule has 1 heterocycles. The van der Waals surface area contributed by atoms with Crippen LogP contribution in [0.25, 0.3) is 0 Å². The highest BCUT2D eigenvalue weighted by molar-refractivity contribution is 5.94. The van der Waals surface area contributed by atoms with Gasteiger partial charge in [0.25, 0.3) is 5.91 Å². The first-order valence-electron chi connectivity index (χ1n) is 7.32. The maximum atomic E-state index is 11.8. The van der Waals surface area contributed by atoms with Crippen LogP contribution in [0.2, 0.25) is 0 Å². The Balaban J connectivity index is 1.57. The SMILES string of the molecule is O=C(N/N=C1\CC[C@H]2CCCC[C@@H]2C1)c1ccc[nH]1. The van der Waals surface area contributed by atoms with Crippen molar-refractivity contribution in [2.45, 2.75) is 44.9 Å². The second-order valence-electron chi connectivity index (χ2n) is 5.75. The van der Waals surface area contributed by atoms with Gasteiger partial charge in [-0.05, 0) is 49.7 Å². The average Bonchev–Trinajstić information content (AvgIpc) is 2.99. The minimum atomic E-state index is -0.150. The number of rotatable bonds is 2. The summed E-state index contributed by atoms with van der Waals surface area (Å²) < 4.78 is 0. The fourth-order valence-corrected chi connectivity index (χ4v) is 3.45. The normalized spacial score (nSPS) is 28.9. The third kappa shape index (κ3) is 2.88. The Morgan fingerprint density at radius 1 is 1.26 bits per heavy atom. The third-order valence-corrected chi connectivity index (χ3v) is 4.53. The highest BCUT2D eigenvalue weighted by Gasteiger charge is 2.30. The van der Waals surface area contributed by atoms with Gasteiger partial charge in [0.1, 0.15) is 5.69 Å². The van der Waals surface area contributed by atoms with Crippen LogP contribution < -0.4 is 5.43 Å². The highest BCUT2D eigenvalue weighted by atomic mass is 16.2. The minimum Gasteiger partial charge on any atom is -0.357 e. The van der Waals surface area contributed by atoms with Crippen LogP contribution in [0.1, 0.15) is 55.4 Å². The molecule has 1 aromatic heterocycles. The molecule has 4 heteroatoms. The number of hydrogen-bond acceptors (Lipinski definition) is 2. The Morgan fingerprint density at radius 2 is 2.11 bits per heavy atom. The fraction of sp³-hybridized carbons (Fsp3) is 0.600. The Morgan fingerprint density at radius 3 is 2.89 bits per heavy atom. The molecule has 102 valence electrons. The molecule has 19 heavy (non-hydrogen) atoms. The van der Waals surface area contributed by atoms with Gasteiger partial charge in [-0.3, -0.25) is 4.79 Å². The smallest absolute Gasteiger partial charge is 0.287 e. The number of hydrazone groups is 1. The summed E-state index contributed by atoms with van der Waals surface area (Å²) in [4.78, 5) is 14.7. The lowest BCUT2D eigenvalue weighted by Gasteiger charge is -2.35. The molecule has 2 fully saturated rings. The number of amides is 1. The molecule has 0 unspecified atom stereocenters. The number of H-pyrrole nitrogens is 1. The molecule has 2 aliphatic rings. The summed E-state index contributed by atoms with van der Waals surface area (Å²) in [5.41, 5.74) is 4.40. The summed E-state index contributed by atoms with van der Waals surface area (Å²) in [6.45, 7) is 0. The van der Waals surface area contributed by atoms with Crippen LogP contribution in [0, 0.1) is 11.8 Å². The number of aromatic amines is 1. The molecular weight excluding hydrogens is 238 g/mol. The molecule has 2 N–H and O–H groups in total. The Bertz CT molecular complexity index is 464. The summed E-state index contributed by atoms with van der Waals surface area (Å²) in [5, 5.41) is 4.33. The third-order valence-electron chi connectivity index (χ3n) is 4.53. The molecule has 0 radical (unpaired) electrons. The number of nitrogens with one attached hydrogen (secondary N) is 2. The van der Waals surface area contributed by atoms with Crippen LogP contribution >= 0.6 is 0 Å². The van der Waals surface area contributed by atoms with Gasteiger partial charge in [0.15, 0.2) is 0 Å². The van der Waals surface area contributed by atoms with Crippen LogP contribution in [0.3, 0.4) is 0 Å². The van der Waals surface area contributed by atoms with E-state index in [1.165, 1.54) is 37.8 Å². The topological polar surface area (TPSA) is 57.2 Å². The molecule has 2 saturated carbocycles. The molecular formula is C15H21N3O. The number of aromatic nitrogens is 1. The minimum absolute atomic E-state index is 0.150. The van der Waals surface area contributed by atoms with E-state index in [1.54, 1.807) is 12.3 Å². The van der Waals surface area contributed by atoms with Crippen molar-refractivity contribution >= 4 is 11.6 Å². The van der Waals surface area contributed by atoms with Crippen LogP contribution in [-0.4, -0.2) is 16.6 Å². The van der Waals surface area contributed by atoms with Gasteiger partial charge in [0.2, 0.25) is 0 Å². The number of hydrogen-bond donors (Lipinski definition) is 2. The van der Waals surface area contributed by atoms with Crippen molar-refractivity contribution in [2.75, 3.05) is 0 Å². The summed E-state index contributed by atoms with van der Waals surface area (Å²) in [7, 11) is 0. The number of carbonyl (C=O) groups is 1. The molecule has 4 nitrogen and oxygen atoms in total. The number of nitrogens with zero attached hydrogens (tertiary/aromatic N) is 1. The lowest BCUT2D eigenvalue weighted by atomic mass is 9.70. The summed E-state index contributed by atoms with van der Waals surface area (Å²) in [6, 6.07) is 3.57. The van der Waals surface area contributed by atoms with Crippen LogP contribution in [0.5, 0.6) is 0 Å². The van der Waals surface area contributed by atoms with E-state index in [9.17, 15) is 4.79 Å². The highest BCUT2D eigenvalue weighted by Crippen LogP contribution is 2.39. The van der Waals surface area contributed by atoms with E-state index < -0.39 is 0 Å². The standard InChI is InChI=1S/C15H21N3O/c19-15(14-6-3-9-16-14)18-17-13-8-7-11-4-1-2-5-12(11)10-13/h3,6,9,11-12,16H,1-2,4-5,7-8,10H2,(H,18,19)/b17-13+/t11-,12-/m1/s1. The molecule has 0 saturated heterocycles. The molecule has 0 spiro atoms. The van der Waals surface area contributed by atoms with E-state index in [-0.39, 0.29) is 5.91 Å². The first-order chi connectivity index (χ1) is 9.33. The predicted octanol–water partition coefficient (Wildman–Crippen LogP) is 3.09. The number of fused-ring (bicyclic) bond motifs is 1. The zero-order valence-electron chi connectivity index (χ0n) is 11.2. The van der Waals surface area contributed by atoms with Gasteiger partial charge >= 0.3 is 0 Å². The lowest BCUT2D eigenvalue weighted by molar-refractivity contribution is 0.0949. The van der Waals surface area contributed by atoms with E-state index >= 15 is 0 Å². The van der Waals surface area contributed by atoms with Gasteiger partial charge < -0.3 is 4.98 Å². The van der Waals surface area contributed by atoms with Crippen molar-refractivity contribution in [3.63, 3.8) is 0 Å². The Hall–Kier alpha value is -1.58. The van der Waals surface area contributed by atoms with Crippen molar-refractivity contribution in [3.05, 3.63) is 24.0 Å². The van der Waals surface area contributed by atoms with Gasteiger partial charge in [-0.1, -0.05) is 19.3 Å². The van der Waals surface area contributed by atoms with E-state index in [1.807, 2.05) is 6.07 Å². The zero-order chi connectivity index (χ0) is 13.1. The maximum Gasteiger partial charge on any atom is 0.287 e. The van der Waals surface area contributed by atoms with Gasteiger partial charge in [0.05, 0.1) is 0 Å². The van der Waals surface area contributed by atoms with Gasteiger partial charge in [-0.15, -0.1) is 0 Å². The molecule has 1 amide bonds. The van der Waals surface area contributed by atoms with Crippen LogP contribution in [0.15, 0.2) is 23.4 Å². The summed E-state index contributed by atoms with van der Waals surface area (Å²) >= 11 is 0. The largest absolute Gasteiger partial charge is 0.357 e. The second-order valence-corrected chi connectivity index (χ2v) is 5.75. The van der Waals surface area contributed by atoms with Crippen molar-refractivity contribution in [1.29, 1.82) is 0 Å². The van der Waals surface area contributed by atoms with Crippen LogP contribution in [0.4, 0.5) is 0 Å². The zero-order valence-corrected chi connectivity index (χ0v) is 11.2. The molecule has 2 aliphatic carbocycles. The van der Waals surface area contributed by atoms with Crippen molar-refractivity contribution in [2.24, 2.45) is 16.9 Å². The van der Waals surface area contributed by atoms with Gasteiger partial charge in [-0.25, -0.2) is 5.43 Å². The number of carbonyl (C=O) groups excluding carboxylic acids is 1.